The topological polar surface area (TPSA) is 88.6 Å². The number of likely N-dealkylation sites (tertiary alicyclic amines) is 1. The Labute approximate surface area is 174 Å². The predicted molar refractivity (Wildman–Crippen MR) is 109 cm³/mol. The molecule has 0 aliphatic carbocycles. The second kappa shape index (κ2) is 9.52. The van der Waals surface area contributed by atoms with Gasteiger partial charge in [-0.25, -0.2) is 4.98 Å². The van der Waals surface area contributed by atoms with E-state index < -0.39 is 18.5 Å². The number of pyridine rings is 1. The van der Waals surface area contributed by atoms with Gasteiger partial charge < -0.3 is 15.0 Å². The number of nitrogens with zero attached hydrogens (tertiary/aromatic N) is 2. The van der Waals surface area contributed by atoms with Crippen LogP contribution in [0.4, 0.5) is 5.69 Å². The van der Waals surface area contributed by atoms with Crippen molar-refractivity contribution < 1.29 is 19.1 Å². The molecule has 29 heavy (non-hydrogen) atoms. The largest absolute Gasteiger partial charge is 0.455 e. The lowest BCUT2D eigenvalue weighted by molar-refractivity contribution is -0.152. The van der Waals surface area contributed by atoms with Crippen LogP contribution in [0, 0.1) is 12.8 Å². The number of anilines is 1. The van der Waals surface area contributed by atoms with Gasteiger partial charge >= 0.3 is 5.97 Å². The average molecular weight is 416 g/mol. The van der Waals surface area contributed by atoms with Gasteiger partial charge in [0.05, 0.1) is 11.6 Å². The van der Waals surface area contributed by atoms with Gasteiger partial charge in [0.2, 0.25) is 0 Å². The molecule has 1 aromatic carbocycles. The number of piperidine rings is 1. The zero-order valence-corrected chi connectivity index (χ0v) is 16.8. The molecule has 1 aliphatic rings. The molecular formula is C21H22ClN3O4. The van der Waals surface area contributed by atoms with Crippen LogP contribution in [0.2, 0.25) is 5.15 Å². The molecule has 1 N–H and O–H groups in total. The molecule has 152 valence electrons. The van der Waals surface area contributed by atoms with Gasteiger partial charge in [-0.15, -0.1) is 0 Å². The monoisotopic (exact) mass is 415 g/mol. The number of ether oxygens (including phenoxy) is 1. The Morgan fingerprint density at radius 2 is 1.90 bits per heavy atom. The Kier molecular flexibility index (Phi) is 6.82. The van der Waals surface area contributed by atoms with Crippen LogP contribution in [0.5, 0.6) is 0 Å². The van der Waals surface area contributed by atoms with Gasteiger partial charge in [-0.3, -0.25) is 14.4 Å². The summed E-state index contributed by atoms with van der Waals surface area (Å²) in [5.74, 6) is -1.27. The summed E-state index contributed by atoms with van der Waals surface area (Å²) in [7, 11) is 0. The maximum Gasteiger partial charge on any atom is 0.309 e. The number of rotatable bonds is 5. The third kappa shape index (κ3) is 5.32. The Morgan fingerprint density at radius 3 is 2.59 bits per heavy atom. The molecule has 2 aromatic rings. The fourth-order valence-corrected chi connectivity index (χ4v) is 3.39. The first kappa shape index (κ1) is 20.8. The highest BCUT2D eigenvalue weighted by molar-refractivity contribution is 6.32. The van der Waals surface area contributed by atoms with Crippen molar-refractivity contribution in [3.63, 3.8) is 0 Å². The van der Waals surface area contributed by atoms with E-state index in [1.165, 1.54) is 6.20 Å². The van der Waals surface area contributed by atoms with Crippen molar-refractivity contribution in [1.82, 2.24) is 9.88 Å². The van der Waals surface area contributed by atoms with Crippen LogP contribution in [0.15, 0.2) is 42.6 Å². The molecule has 1 fully saturated rings. The summed E-state index contributed by atoms with van der Waals surface area (Å²) < 4.78 is 5.14. The number of aryl methyl sites for hydroxylation is 1. The number of hydrogen-bond donors (Lipinski definition) is 1. The summed E-state index contributed by atoms with van der Waals surface area (Å²) in [6.45, 7) is 2.46. The highest BCUT2D eigenvalue weighted by Crippen LogP contribution is 2.22. The van der Waals surface area contributed by atoms with Gasteiger partial charge in [-0.2, -0.15) is 0 Å². The van der Waals surface area contributed by atoms with Gasteiger partial charge in [-0.1, -0.05) is 29.8 Å². The molecule has 0 spiro atoms. The lowest BCUT2D eigenvalue weighted by Crippen LogP contribution is -2.41. The molecule has 1 aliphatic heterocycles. The first-order valence-electron chi connectivity index (χ1n) is 9.37. The van der Waals surface area contributed by atoms with Crippen molar-refractivity contribution >= 4 is 35.1 Å². The number of carbonyl (C=O) groups is 3. The summed E-state index contributed by atoms with van der Waals surface area (Å²) in [4.78, 5) is 42.5. The van der Waals surface area contributed by atoms with Crippen LogP contribution >= 0.6 is 11.6 Å². The molecule has 2 amide bonds. The van der Waals surface area contributed by atoms with Crippen LogP contribution in [0.25, 0.3) is 0 Å². The van der Waals surface area contributed by atoms with E-state index in [-0.39, 0.29) is 17.0 Å². The molecule has 2 heterocycles. The van der Waals surface area contributed by atoms with Crippen molar-refractivity contribution in [2.75, 3.05) is 25.0 Å². The van der Waals surface area contributed by atoms with E-state index in [1.54, 1.807) is 17.0 Å². The first-order chi connectivity index (χ1) is 14.0. The first-order valence-corrected chi connectivity index (χ1v) is 9.75. The molecule has 0 atom stereocenters. The number of hydrogen-bond acceptors (Lipinski definition) is 5. The molecule has 0 bridgehead atoms. The highest BCUT2D eigenvalue weighted by atomic mass is 35.5. The number of amides is 2. The summed E-state index contributed by atoms with van der Waals surface area (Å²) in [5.41, 5.74) is 1.97. The van der Waals surface area contributed by atoms with Crippen molar-refractivity contribution in [2.24, 2.45) is 5.92 Å². The second-order valence-corrected chi connectivity index (χ2v) is 7.24. The molecule has 8 heteroatoms. The molecule has 0 unspecified atom stereocenters. The standard InChI is InChI=1S/C21H22ClN3O4/c1-14-5-2-3-6-16(14)20(27)25-11-8-15(9-12-25)21(28)29-13-18(26)24-17-7-4-10-23-19(17)22/h2-7,10,15H,8-9,11-13H2,1H3,(H,24,26). The molecule has 1 saturated heterocycles. The van der Waals surface area contributed by atoms with Crippen molar-refractivity contribution in [3.05, 3.63) is 58.9 Å². The quantitative estimate of drug-likeness (QED) is 0.598. The Balaban J connectivity index is 1.45. The summed E-state index contributed by atoms with van der Waals surface area (Å²) >= 11 is 5.88. The SMILES string of the molecule is Cc1ccccc1C(=O)N1CCC(C(=O)OCC(=O)Nc2cccnc2Cl)CC1. The number of halogens is 1. The summed E-state index contributed by atoms with van der Waals surface area (Å²) in [6.07, 6.45) is 2.52. The minimum Gasteiger partial charge on any atom is -0.455 e. The van der Waals surface area contributed by atoms with Crippen molar-refractivity contribution in [1.29, 1.82) is 0 Å². The van der Waals surface area contributed by atoms with E-state index in [0.29, 0.717) is 37.2 Å². The summed E-state index contributed by atoms with van der Waals surface area (Å²) in [6, 6.07) is 10.7. The Bertz CT molecular complexity index is 910. The third-order valence-corrected chi connectivity index (χ3v) is 5.17. The van der Waals surface area contributed by atoms with E-state index in [0.717, 1.165) is 5.56 Å². The van der Waals surface area contributed by atoms with Crippen molar-refractivity contribution in [3.8, 4) is 0 Å². The van der Waals surface area contributed by atoms with E-state index in [9.17, 15) is 14.4 Å². The minimum atomic E-state index is -0.486. The van der Waals surface area contributed by atoms with E-state index in [2.05, 4.69) is 10.3 Å². The lowest BCUT2D eigenvalue weighted by Gasteiger charge is -2.31. The minimum absolute atomic E-state index is 0.0253. The van der Waals surface area contributed by atoms with Gasteiger partial charge in [-0.05, 0) is 43.5 Å². The fourth-order valence-electron chi connectivity index (χ4n) is 3.22. The zero-order chi connectivity index (χ0) is 20.8. The second-order valence-electron chi connectivity index (χ2n) is 6.88. The molecule has 0 radical (unpaired) electrons. The van der Waals surface area contributed by atoms with Crippen LogP contribution in [-0.2, 0) is 14.3 Å². The maximum absolute atomic E-state index is 12.7. The number of carbonyl (C=O) groups excluding carboxylic acids is 3. The predicted octanol–water partition coefficient (Wildman–Crippen LogP) is 3.08. The Morgan fingerprint density at radius 1 is 1.17 bits per heavy atom. The normalized spacial score (nSPS) is 14.3. The third-order valence-electron chi connectivity index (χ3n) is 4.87. The smallest absolute Gasteiger partial charge is 0.309 e. The van der Waals surface area contributed by atoms with Crippen LogP contribution in [0.1, 0.15) is 28.8 Å². The molecule has 1 aromatic heterocycles. The van der Waals surface area contributed by atoms with Gasteiger partial charge in [0.25, 0.3) is 11.8 Å². The molecule has 0 saturated carbocycles. The van der Waals surface area contributed by atoms with Crippen LogP contribution in [-0.4, -0.2) is 47.4 Å². The number of nitrogens with one attached hydrogen (secondary N) is 1. The molecule has 3 rings (SSSR count). The van der Waals surface area contributed by atoms with E-state index in [1.807, 2.05) is 31.2 Å². The summed E-state index contributed by atoms with van der Waals surface area (Å²) in [5, 5.41) is 2.72. The lowest BCUT2D eigenvalue weighted by atomic mass is 9.96. The van der Waals surface area contributed by atoms with Gasteiger partial charge in [0, 0.05) is 24.8 Å². The Hall–Kier alpha value is -2.93. The number of esters is 1. The van der Waals surface area contributed by atoms with Gasteiger partial charge in [0.1, 0.15) is 0 Å². The van der Waals surface area contributed by atoms with Crippen LogP contribution in [0.3, 0.4) is 0 Å². The van der Waals surface area contributed by atoms with E-state index >= 15 is 0 Å². The average Bonchev–Trinajstić information content (AvgIpc) is 2.73. The highest BCUT2D eigenvalue weighted by Gasteiger charge is 2.29. The maximum atomic E-state index is 12.7. The number of aromatic nitrogens is 1. The zero-order valence-electron chi connectivity index (χ0n) is 16.1. The van der Waals surface area contributed by atoms with Gasteiger partial charge in [0.15, 0.2) is 11.8 Å². The number of benzene rings is 1. The van der Waals surface area contributed by atoms with Crippen molar-refractivity contribution in [2.45, 2.75) is 19.8 Å². The van der Waals surface area contributed by atoms with E-state index in [4.69, 9.17) is 16.3 Å². The fraction of sp³-hybridized carbons (Fsp3) is 0.333. The molecular weight excluding hydrogens is 394 g/mol. The van der Waals surface area contributed by atoms with Crippen LogP contribution < -0.4 is 5.32 Å². The molecule has 7 nitrogen and oxygen atoms in total.